The van der Waals surface area contributed by atoms with E-state index in [9.17, 15) is 18.0 Å². The third kappa shape index (κ3) is 4.67. The highest BCUT2D eigenvalue weighted by Crippen LogP contribution is 2.32. The van der Waals surface area contributed by atoms with Gasteiger partial charge in [-0.15, -0.1) is 0 Å². The summed E-state index contributed by atoms with van der Waals surface area (Å²) in [4.78, 5) is 13.3. The molecule has 0 aromatic heterocycles. The molecule has 1 saturated carbocycles. The summed E-state index contributed by atoms with van der Waals surface area (Å²) in [6, 6.07) is -0.450. The Morgan fingerprint density at radius 1 is 1.32 bits per heavy atom. The molecule has 1 aliphatic carbocycles. The van der Waals surface area contributed by atoms with Crippen molar-refractivity contribution in [2.45, 2.75) is 51.7 Å². The number of carbonyl (C=O) groups excluding carboxylic acids is 1. The van der Waals surface area contributed by atoms with Crippen LogP contribution in [-0.4, -0.2) is 36.1 Å². The van der Waals surface area contributed by atoms with Crippen LogP contribution in [0.3, 0.4) is 0 Å². The van der Waals surface area contributed by atoms with Crippen molar-refractivity contribution in [1.29, 1.82) is 0 Å². The van der Waals surface area contributed by atoms with Crippen LogP contribution in [-0.2, 0) is 4.79 Å². The largest absolute Gasteiger partial charge is 0.406 e. The molecule has 2 N–H and O–H groups in total. The Labute approximate surface area is 112 Å². The first-order chi connectivity index (χ1) is 8.76. The Morgan fingerprint density at radius 3 is 2.37 bits per heavy atom. The van der Waals surface area contributed by atoms with Crippen LogP contribution in [0.25, 0.3) is 0 Å². The fourth-order valence-corrected chi connectivity index (χ4v) is 2.74. The van der Waals surface area contributed by atoms with Gasteiger partial charge < -0.3 is 10.6 Å². The van der Waals surface area contributed by atoms with Crippen LogP contribution in [0, 0.1) is 11.8 Å². The molecule has 0 radical (unpaired) electrons. The highest BCUT2D eigenvalue weighted by molar-refractivity contribution is 5.79. The second-order valence-corrected chi connectivity index (χ2v) is 5.56. The predicted molar refractivity (Wildman–Crippen MR) is 67.4 cm³/mol. The van der Waals surface area contributed by atoms with E-state index in [1.54, 1.807) is 13.8 Å². The van der Waals surface area contributed by atoms with E-state index < -0.39 is 18.8 Å². The lowest BCUT2D eigenvalue weighted by molar-refractivity contribution is -0.168. The van der Waals surface area contributed by atoms with Gasteiger partial charge in [-0.25, -0.2) is 0 Å². The molecule has 6 heteroatoms. The number of nitrogens with zero attached hydrogens (tertiary/aromatic N) is 1. The van der Waals surface area contributed by atoms with Crippen molar-refractivity contribution in [3.05, 3.63) is 0 Å². The van der Waals surface area contributed by atoms with E-state index in [0.717, 1.165) is 24.2 Å². The van der Waals surface area contributed by atoms with Crippen molar-refractivity contribution in [3.63, 3.8) is 0 Å². The van der Waals surface area contributed by atoms with Gasteiger partial charge in [-0.1, -0.05) is 12.8 Å². The molecule has 19 heavy (non-hydrogen) atoms. The second kappa shape index (κ2) is 6.59. The summed E-state index contributed by atoms with van der Waals surface area (Å²) in [5, 5.41) is 0. The molecule has 1 amide bonds. The topological polar surface area (TPSA) is 46.3 Å². The molecule has 3 nitrogen and oxygen atoms in total. The molecule has 1 aliphatic rings. The number of hydrogen-bond donors (Lipinski definition) is 1. The lowest BCUT2D eigenvalue weighted by Gasteiger charge is -2.36. The van der Waals surface area contributed by atoms with E-state index in [4.69, 9.17) is 5.73 Å². The zero-order chi connectivity index (χ0) is 14.6. The molecular weight excluding hydrogens is 257 g/mol. The molecular formula is C13H23F3N2O. The molecule has 0 aromatic carbocycles. The first kappa shape index (κ1) is 16.3. The van der Waals surface area contributed by atoms with Gasteiger partial charge in [0, 0.05) is 12.0 Å². The Balaban J connectivity index is 2.80. The van der Waals surface area contributed by atoms with Crippen LogP contribution in [0.15, 0.2) is 0 Å². The SMILES string of the molecule is CC(C)N(CC(F)(F)F)C(=O)C1CCCCC1CN. The molecule has 0 spiro atoms. The first-order valence-electron chi connectivity index (χ1n) is 6.83. The van der Waals surface area contributed by atoms with Crippen LogP contribution in [0.5, 0.6) is 0 Å². The van der Waals surface area contributed by atoms with E-state index in [1.165, 1.54) is 0 Å². The van der Waals surface area contributed by atoms with Gasteiger partial charge in [0.1, 0.15) is 6.54 Å². The van der Waals surface area contributed by atoms with Crippen molar-refractivity contribution in [3.8, 4) is 0 Å². The number of halogens is 3. The van der Waals surface area contributed by atoms with Crippen molar-refractivity contribution in [2.75, 3.05) is 13.1 Å². The maximum absolute atomic E-state index is 12.6. The van der Waals surface area contributed by atoms with E-state index in [1.807, 2.05) is 0 Å². The van der Waals surface area contributed by atoms with Gasteiger partial charge in [-0.05, 0) is 39.2 Å². The van der Waals surface area contributed by atoms with E-state index in [2.05, 4.69) is 0 Å². The van der Waals surface area contributed by atoms with Crippen molar-refractivity contribution in [2.24, 2.45) is 17.6 Å². The Bertz CT molecular complexity index is 305. The minimum absolute atomic E-state index is 0.0238. The zero-order valence-corrected chi connectivity index (χ0v) is 11.5. The van der Waals surface area contributed by atoms with Gasteiger partial charge in [0.2, 0.25) is 5.91 Å². The summed E-state index contributed by atoms with van der Waals surface area (Å²) in [7, 11) is 0. The van der Waals surface area contributed by atoms with Gasteiger partial charge in [0.15, 0.2) is 0 Å². The summed E-state index contributed by atoms with van der Waals surface area (Å²) in [6.45, 7) is 2.43. The number of rotatable bonds is 4. The number of hydrogen-bond acceptors (Lipinski definition) is 2. The number of amides is 1. The van der Waals surface area contributed by atoms with Crippen LogP contribution in [0.2, 0.25) is 0 Å². The monoisotopic (exact) mass is 280 g/mol. The predicted octanol–water partition coefficient (Wildman–Crippen LogP) is 2.55. The molecule has 2 atom stereocenters. The number of alkyl halides is 3. The van der Waals surface area contributed by atoms with Crippen LogP contribution < -0.4 is 5.73 Å². The molecule has 0 aliphatic heterocycles. The Kier molecular flexibility index (Phi) is 5.64. The van der Waals surface area contributed by atoms with Crippen LogP contribution >= 0.6 is 0 Å². The summed E-state index contributed by atoms with van der Waals surface area (Å²) in [5.41, 5.74) is 5.64. The Hall–Kier alpha value is -0.780. The van der Waals surface area contributed by atoms with Crippen molar-refractivity contribution >= 4 is 5.91 Å². The maximum atomic E-state index is 12.6. The molecule has 0 saturated heterocycles. The first-order valence-corrected chi connectivity index (χ1v) is 6.83. The minimum atomic E-state index is -4.35. The van der Waals surface area contributed by atoms with E-state index in [0.29, 0.717) is 13.0 Å². The molecule has 0 aromatic rings. The maximum Gasteiger partial charge on any atom is 0.406 e. The smallest absolute Gasteiger partial charge is 0.331 e. The second-order valence-electron chi connectivity index (χ2n) is 5.56. The molecule has 1 fully saturated rings. The third-order valence-corrected chi connectivity index (χ3v) is 3.79. The Morgan fingerprint density at radius 2 is 1.89 bits per heavy atom. The van der Waals surface area contributed by atoms with Crippen molar-refractivity contribution in [1.82, 2.24) is 4.90 Å². The van der Waals surface area contributed by atoms with Crippen LogP contribution in [0.4, 0.5) is 13.2 Å². The molecule has 2 unspecified atom stereocenters. The molecule has 1 rings (SSSR count). The average molecular weight is 280 g/mol. The van der Waals surface area contributed by atoms with Gasteiger partial charge >= 0.3 is 6.18 Å². The summed E-state index contributed by atoms with van der Waals surface area (Å²) in [6.07, 6.45) is -0.961. The van der Waals surface area contributed by atoms with E-state index >= 15 is 0 Å². The lowest BCUT2D eigenvalue weighted by atomic mass is 9.78. The summed E-state index contributed by atoms with van der Waals surface area (Å²) < 4.78 is 37.7. The van der Waals surface area contributed by atoms with Crippen LogP contribution in [0.1, 0.15) is 39.5 Å². The standard InChI is InChI=1S/C13H23F3N2O/c1-9(2)18(8-13(14,15)16)12(19)11-6-4-3-5-10(11)7-17/h9-11H,3-8,17H2,1-2H3. The van der Waals surface area contributed by atoms with Gasteiger partial charge in [-0.2, -0.15) is 13.2 Å². The molecule has 0 bridgehead atoms. The molecule has 112 valence electrons. The van der Waals surface area contributed by atoms with Gasteiger partial charge in [-0.3, -0.25) is 4.79 Å². The normalized spacial score (nSPS) is 24.6. The highest BCUT2D eigenvalue weighted by atomic mass is 19.4. The quantitative estimate of drug-likeness (QED) is 0.860. The minimum Gasteiger partial charge on any atom is -0.331 e. The van der Waals surface area contributed by atoms with Gasteiger partial charge in [0.05, 0.1) is 0 Å². The number of carbonyl (C=O) groups is 1. The van der Waals surface area contributed by atoms with Crippen molar-refractivity contribution < 1.29 is 18.0 Å². The lowest BCUT2D eigenvalue weighted by Crippen LogP contribution is -2.48. The highest BCUT2D eigenvalue weighted by Gasteiger charge is 2.39. The third-order valence-electron chi connectivity index (χ3n) is 3.79. The zero-order valence-electron chi connectivity index (χ0n) is 11.5. The summed E-state index contributed by atoms with van der Waals surface area (Å²) in [5.74, 6) is -0.707. The summed E-state index contributed by atoms with van der Waals surface area (Å²) >= 11 is 0. The fraction of sp³-hybridized carbons (Fsp3) is 0.923. The number of nitrogens with two attached hydrogens (primary N) is 1. The molecule has 0 heterocycles. The van der Waals surface area contributed by atoms with Gasteiger partial charge in [0.25, 0.3) is 0 Å². The average Bonchev–Trinajstić information content (AvgIpc) is 2.33. The fourth-order valence-electron chi connectivity index (χ4n) is 2.74. The van der Waals surface area contributed by atoms with E-state index in [-0.39, 0.29) is 17.7 Å².